The second kappa shape index (κ2) is 4.79. The molecule has 0 fully saturated rings. The molecule has 1 aliphatic heterocycles. The second-order valence-electron chi connectivity index (χ2n) is 4.47. The molecule has 0 radical (unpaired) electrons. The van der Waals surface area contributed by atoms with Crippen molar-refractivity contribution in [1.82, 2.24) is 0 Å². The number of carboxylic acid groups (broad SMARTS) is 1. The Morgan fingerprint density at radius 1 is 1.25 bits per heavy atom. The number of furan rings is 1. The Labute approximate surface area is 122 Å². The van der Waals surface area contributed by atoms with Gasteiger partial charge < -0.3 is 9.52 Å². The van der Waals surface area contributed by atoms with Gasteiger partial charge in [0.1, 0.15) is 6.04 Å². The summed E-state index contributed by atoms with van der Waals surface area (Å²) in [7, 11) is 0. The number of fused-ring (bicyclic) bond motifs is 1. The van der Waals surface area contributed by atoms with Crippen LogP contribution in [0.1, 0.15) is 16.1 Å². The zero-order chi connectivity index (χ0) is 14.3. The molecule has 20 heavy (non-hydrogen) atoms. The number of nitrogens with zero attached hydrogens (tertiary/aromatic N) is 1. The molecule has 102 valence electrons. The second-order valence-corrected chi connectivity index (χ2v) is 5.25. The Hall–Kier alpha value is -2.08. The van der Waals surface area contributed by atoms with Gasteiger partial charge in [-0.05, 0) is 39.7 Å². The minimum Gasteiger partial charge on any atom is -0.480 e. The quantitative estimate of drug-likeness (QED) is 0.915. The van der Waals surface area contributed by atoms with E-state index in [-0.39, 0.29) is 5.76 Å². The fraction of sp³-hybridized carbons (Fsp3) is 0.143. The zero-order valence-corrected chi connectivity index (χ0v) is 11.8. The molecule has 1 aliphatic rings. The van der Waals surface area contributed by atoms with Gasteiger partial charge in [-0.2, -0.15) is 0 Å². The highest BCUT2D eigenvalue weighted by atomic mass is 79.9. The fourth-order valence-corrected chi connectivity index (χ4v) is 2.69. The Kier molecular flexibility index (Phi) is 3.10. The molecule has 1 N–H and O–H groups in total. The molecule has 2 heterocycles. The number of hydrogen-bond donors (Lipinski definition) is 1. The van der Waals surface area contributed by atoms with Gasteiger partial charge in [0.15, 0.2) is 10.4 Å². The van der Waals surface area contributed by atoms with Gasteiger partial charge in [-0.3, -0.25) is 9.69 Å². The SMILES string of the molecule is O=C(O)C1Cc2ccccc2N1C(=O)c1ccc(Br)o1. The van der Waals surface area contributed by atoms with Gasteiger partial charge in [-0.25, -0.2) is 4.79 Å². The Morgan fingerprint density at radius 3 is 2.65 bits per heavy atom. The summed E-state index contributed by atoms with van der Waals surface area (Å²) in [4.78, 5) is 25.2. The summed E-state index contributed by atoms with van der Waals surface area (Å²) in [6.07, 6.45) is 0.305. The van der Waals surface area contributed by atoms with Crippen molar-refractivity contribution in [3.8, 4) is 0 Å². The number of carbonyl (C=O) groups excluding carboxylic acids is 1. The van der Waals surface area contributed by atoms with Gasteiger partial charge in [-0.15, -0.1) is 0 Å². The molecule has 5 nitrogen and oxygen atoms in total. The molecule has 0 saturated heterocycles. The summed E-state index contributed by atoms with van der Waals surface area (Å²) >= 11 is 3.13. The number of halogens is 1. The first-order chi connectivity index (χ1) is 9.58. The van der Waals surface area contributed by atoms with Crippen molar-refractivity contribution >= 4 is 33.5 Å². The van der Waals surface area contributed by atoms with E-state index in [1.54, 1.807) is 18.2 Å². The smallest absolute Gasteiger partial charge is 0.327 e. The van der Waals surface area contributed by atoms with Crippen molar-refractivity contribution in [2.45, 2.75) is 12.5 Å². The van der Waals surface area contributed by atoms with Crippen molar-refractivity contribution in [2.24, 2.45) is 0 Å². The van der Waals surface area contributed by atoms with Crippen LogP contribution in [0.3, 0.4) is 0 Å². The molecule has 1 amide bonds. The van der Waals surface area contributed by atoms with E-state index in [0.29, 0.717) is 16.8 Å². The van der Waals surface area contributed by atoms with Crippen molar-refractivity contribution in [2.75, 3.05) is 4.90 Å². The number of carboxylic acids is 1. The largest absolute Gasteiger partial charge is 0.480 e. The standard InChI is InChI=1S/C14H10BrNO4/c15-12-6-5-11(20-12)13(17)16-9-4-2-1-3-8(9)7-10(16)14(18)19/h1-6,10H,7H2,(H,18,19). The molecule has 1 aromatic carbocycles. The number of carbonyl (C=O) groups is 2. The minimum absolute atomic E-state index is 0.111. The third-order valence-corrected chi connectivity index (χ3v) is 3.69. The highest BCUT2D eigenvalue weighted by Gasteiger charge is 2.39. The van der Waals surface area contributed by atoms with Crippen LogP contribution in [-0.4, -0.2) is 23.0 Å². The maximum atomic E-state index is 12.5. The number of aliphatic carboxylic acids is 1. The van der Waals surface area contributed by atoms with Crippen LogP contribution < -0.4 is 4.90 Å². The first-order valence-electron chi connectivity index (χ1n) is 5.97. The molecule has 0 spiro atoms. The number of hydrogen-bond acceptors (Lipinski definition) is 3. The minimum atomic E-state index is -1.03. The van der Waals surface area contributed by atoms with Crippen molar-refractivity contribution in [3.05, 3.63) is 52.4 Å². The maximum Gasteiger partial charge on any atom is 0.327 e. The monoisotopic (exact) mass is 335 g/mol. The van der Waals surface area contributed by atoms with Gasteiger partial charge in [0, 0.05) is 12.1 Å². The first kappa shape index (κ1) is 12.9. The first-order valence-corrected chi connectivity index (χ1v) is 6.77. The lowest BCUT2D eigenvalue weighted by Gasteiger charge is -2.21. The van der Waals surface area contributed by atoms with Gasteiger partial charge in [0.05, 0.1) is 0 Å². The molecule has 3 rings (SSSR count). The van der Waals surface area contributed by atoms with Crippen LogP contribution in [0, 0.1) is 0 Å². The van der Waals surface area contributed by atoms with Crippen LogP contribution in [0.2, 0.25) is 0 Å². The van der Waals surface area contributed by atoms with E-state index in [4.69, 9.17) is 4.42 Å². The molecule has 2 aromatic rings. The number of benzene rings is 1. The van der Waals surface area contributed by atoms with Crippen molar-refractivity contribution < 1.29 is 19.1 Å². The summed E-state index contributed by atoms with van der Waals surface area (Å²) in [5.41, 5.74) is 1.47. The summed E-state index contributed by atoms with van der Waals surface area (Å²) in [5.74, 6) is -1.37. The van der Waals surface area contributed by atoms with Crippen molar-refractivity contribution in [1.29, 1.82) is 0 Å². The molecule has 1 aromatic heterocycles. The van der Waals surface area contributed by atoms with Crippen LogP contribution in [0.15, 0.2) is 45.5 Å². The third-order valence-electron chi connectivity index (χ3n) is 3.26. The number of para-hydroxylation sites is 1. The molecule has 0 saturated carbocycles. The van der Waals surface area contributed by atoms with E-state index in [2.05, 4.69) is 15.9 Å². The molecular formula is C14H10BrNO4. The molecule has 1 atom stereocenters. The van der Waals surface area contributed by atoms with Gasteiger partial charge in [-0.1, -0.05) is 18.2 Å². The molecule has 0 aliphatic carbocycles. The fourth-order valence-electron chi connectivity index (χ4n) is 2.38. The predicted molar refractivity (Wildman–Crippen MR) is 74.8 cm³/mol. The molecule has 0 bridgehead atoms. The van der Waals surface area contributed by atoms with Crippen LogP contribution in [-0.2, 0) is 11.2 Å². The lowest BCUT2D eigenvalue weighted by molar-refractivity contribution is -0.138. The van der Waals surface area contributed by atoms with Crippen LogP contribution in [0.4, 0.5) is 5.69 Å². The molecular weight excluding hydrogens is 326 g/mol. The lowest BCUT2D eigenvalue weighted by Crippen LogP contribution is -2.42. The summed E-state index contributed by atoms with van der Waals surface area (Å²) in [6.45, 7) is 0. The predicted octanol–water partition coefficient (Wildman–Crippen LogP) is 2.70. The third kappa shape index (κ3) is 2.02. The lowest BCUT2D eigenvalue weighted by atomic mass is 10.1. The Morgan fingerprint density at radius 2 is 2.00 bits per heavy atom. The van der Waals surface area contributed by atoms with Crippen LogP contribution in [0.25, 0.3) is 0 Å². The van der Waals surface area contributed by atoms with E-state index in [0.717, 1.165) is 5.56 Å². The number of amides is 1. The van der Waals surface area contributed by atoms with Gasteiger partial charge in [0.25, 0.3) is 5.91 Å². The molecule has 6 heteroatoms. The van der Waals surface area contributed by atoms with E-state index < -0.39 is 17.9 Å². The van der Waals surface area contributed by atoms with E-state index >= 15 is 0 Å². The van der Waals surface area contributed by atoms with Gasteiger partial charge >= 0.3 is 5.97 Å². The normalized spacial score (nSPS) is 17.1. The van der Waals surface area contributed by atoms with E-state index in [1.807, 2.05) is 12.1 Å². The summed E-state index contributed by atoms with van der Waals surface area (Å²) < 4.78 is 5.66. The van der Waals surface area contributed by atoms with Crippen molar-refractivity contribution in [3.63, 3.8) is 0 Å². The average molecular weight is 336 g/mol. The van der Waals surface area contributed by atoms with E-state index in [1.165, 1.54) is 11.0 Å². The van der Waals surface area contributed by atoms with E-state index in [9.17, 15) is 14.7 Å². The Bertz CT molecular complexity index is 694. The number of anilines is 1. The highest BCUT2D eigenvalue weighted by molar-refractivity contribution is 9.10. The van der Waals surface area contributed by atoms with Gasteiger partial charge in [0.2, 0.25) is 0 Å². The molecule has 1 unspecified atom stereocenters. The highest BCUT2D eigenvalue weighted by Crippen LogP contribution is 2.33. The maximum absolute atomic E-state index is 12.5. The zero-order valence-electron chi connectivity index (χ0n) is 10.2. The van der Waals surface area contributed by atoms with Crippen LogP contribution >= 0.6 is 15.9 Å². The summed E-state index contributed by atoms with van der Waals surface area (Å²) in [5, 5.41) is 9.32. The summed E-state index contributed by atoms with van der Waals surface area (Å²) in [6, 6.07) is 9.40. The van der Waals surface area contributed by atoms with Crippen LogP contribution in [0.5, 0.6) is 0 Å². The topological polar surface area (TPSA) is 70.8 Å². The Balaban J connectivity index is 2.04. The average Bonchev–Trinajstić information content (AvgIpc) is 3.01. The number of rotatable bonds is 2.